The average molecular weight is 652 g/mol. The minimum atomic E-state index is -0.744. The molecule has 3 heterocycles. The molecule has 1 atom stereocenters. The summed E-state index contributed by atoms with van der Waals surface area (Å²) in [6.45, 7) is 2.79. The van der Waals surface area contributed by atoms with Crippen molar-refractivity contribution in [3.63, 3.8) is 0 Å². The smallest absolute Gasteiger partial charge is 0.242 e. The van der Waals surface area contributed by atoms with E-state index in [-0.39, 0.29) is 18.4 Å². The molecule has 2 amide bonds. The Kier molecular flexibility index (Phi) is 10.6. The van der Waals surface area contributed by atoms with Gasteiger partial charge < -0.3 is 34.1 Å². The molecule has 0 saturated heterocycles. The van der Waals surface area contributed by atoms with Crippen LogP contribution in [0.3, 0.4) is 0 Å². The highest BCUT2D eigenvalue weighted by Crippen LogP contribution is 2.36. The fourth-order valence-electron chi connectivity index (χ4n) is 6.05. The van der Waals surface area contributed by atoms with Crippen LogP contribution in [0.5, 0.6) is 23.0 Å². The van der Waals surface area contributed by atoms with Crippen LogP contribution in [-0.2, 0) is 22.6 Å². The lowest BCUT2D eigenvalue weighted by molar-refractivity contribution is -0.129. The van der Waals surface area contributed by atoms with Crippen LogP contribution < -0.4 is 29.6 Å². The monoisotopic (exact) mass is 651 g/mol. The van der Waals surface area contributed by atoms with Crippen molar-refractivity contribution in [3.05, 3.63) is 95.8 Å². The number of imidazole rings is 1. The highest BCUT2D eigenvalue weighted by molar-refractivity contribution is 5.88. The summed E-state index contributed by atoms with van der Waals surface area (Å²) in [5, 5.41) is 6.06. The van der Waals surface area contributed by atoms with Crippen molar-refractivity contribution in [3.8, 4) is 34.4 Å². The van der Waals surface area contributed by atoms with Crippen molar-refractivity contribution < 1.29 is 28.5 Å². The molecule has 1 aromatic heterocycles. The minimum absolute atomic E-state index is 0.0953. The van der Waals surface area contributed by atoms with E-state index in [1.807, 2.05) is 77.5 Å². The fraction of sp³-hybridized carbons (Fsp3) is 0.324. The van der Waals surface area contributed by atoms with E-state index < -0.39 is 6.04 Å². The molecule has 48 heavy (non-hydrogen) atoms. The molecule has 11 heteroatoms. The van der Waals surface area contributed by atoms with Gasteiger partial charge in [0.1, 0.15) is 18.5 Å². The molecular formula is C37H41N5O6. The van der Waals surface area contributed by atoms with Gasteiger partial charge in [-0.15, -0.1) is 0 Å². The Bertz CT molecular complexity index is 1750. The van der Waals surface area contributed by atoms with Crippen LogP contribution in [0.25, 0.3) is 17.5 Å². The number of benzene rings is 3. The molecule has 0 radical (unpaired) electrons. The molecule has 0 fully saturated rings. The Morgan fingerprint density at radius 3 is 2.65 bits per heavy atom. The van der Waals surface area contributed by atoms with Gasteiger partial charge in [0.05, 0.1) is 27.4 Å². The first-order valence-corrected chi connectivity index (χ1v) is 16.2. The maximum atomic E-state index is 13.6. The van der Waals surface area contributed by atoms with Crippen LogP contribution in [0, 0.1) is 0 Å². The molecular weight excluding hydrogens is 610 g/mol. The third-order valence-electron chi connectivity index (χ3n) is 8.38. The third kappa shape index (κ3) is 7.98. The lowest BCUT2D eigenvalue weighted by Gasteiger charge is -2.27. The number of nitrogens with zero attached hydrogens (tertiary/aromatic N) is 3. The van der Waals surface area contributed by atoms with Crippen molar-refractivity contribution in [2.24, 2.45) is 0 Å². The minimum Gasteiger partial charge on any atom is -0.493 e. The van der Waals surface area contributed by atoms with E-state index in [0.29, 0.717) is 75.2 Å². The van der Waals surface area contributed by atoms with E-state index >= 15 is 0 Å². The largest absolute Gasteiger partial charge is 0.493 e. The van der Waals surface area contributed by atoms with Crippen LogP contribution in [0.15, 0.2) is 84.7 Å². The number of aromatic nitrogens is 2. The second kappa shape index (κ2) is 15.5. The molecule has 0 unspecified atom stereocenters. The number of hydrogen-bond acceptors (Lipinski definition) is 8. The Labute approximate surface area is 280 Å². The van der Waals surface area contributed by atoms with Gasteiger partial charge in [-0.05, 0) is 47.9 Å². The van der Waals surface area contributed by atoms with Crippen molar-refractivity contribution >= 4 is 17.9 Å². The molecule has 6 rings (SSSR count). The number of nitrogens with one attached hydrogen (secondary N) is 2. The number of rotatable bonds is 6. The number of para-hydroxylation sites is 1. The summed E-state index contributed by atoms with van der Waals surface area (Å²) in [4.78, 5) is 33.8. The van der Waals surface area contributed by atoms with E-state index in [1.54, 1.807) is 20.4 Å². The molecule has 2 N–H and O–H groups in total. The summed E-state index contributed by atoms with van der Waals surface area (Å²) in [5.41, 5.74) is 3.78. The quantitative estimate of drug-likeness (QED) is 0.322. The molecule has 250 valence electrons. The van der Waals surface area contributed by atoms with Crippen LogP contribution in [0.2, 0.25) is 0 Å². The third-order valence-corrected chi connectivity index (χ3v) is 8.38. The van der Waals surface area contributed by atoms with Gasteiger partial charge in [-0.1, -0.05) is 42.5 Å². The second-order valence-electron chi connectivity index (χ2n) is 11.8. The van der Waals surface area contributed by atoms with Gasteiger partial charge in [0.15, 0.2) is 23.0 Å². The van der Waals surface area contributed by atoms with Gasteiger partial charge in [0.25, 0.3) is 0 Å². The Balaban J connectivity index is 1.26. The van der Waals surface area contributed by atoms with E-state index in [2.05, 4.69) is 26.6 Å². The number of carbonyl (C=O) groups is 2. The summed E-state index contributed by atoms with van der Waals surface area (Å²) in [6, 6.07) is 20.5. The normalized spacial score (nSPS) is 17.5. The Morgan fingerprint density at radius 2 is 1.81 bits per heavy atom. The molecule has 3 aromatic carbocycles. The van der Waals surface area contributed by atoms with E-state index in [1.165, 1.54) is 0 Å². The predicted molar refractivity (Wildman–Crippen MR) is 182 cm³/mol. The van der Waals surface area contributed by atoms with Crippen molar-refractivity contribution in [2.45, 2.75) is 25.4 Å². The van der Waals surface area contributed by atoms with Crippen LogP contribution in [-0.4, -0.2) is 85.9 Å². The maximum Gasteiger partial charge on any atom is 0.242 e. The second-order valence-corrected chi connectivity index (χ2v) is 11.8. The van der Waals surface area contributed by atoms with Gasteiger partial charge in [0.2, 0.25) is 11.8 Å². The summed E-state index contributed by atoms with van der Waals surface area (Å²) < 4.78 is 25.4. The summed E-state index contributed by atoms with van der Waals surface area (Å²) in [5.74, 6) is 2.90. The lowest BCUT2D eigenvalue weighted by atomic mass is 10.0. The zero-order chi connectivity index (χ0) is 33.3. The Morgan fingerprint density at radius 1 is 0.958 bits per heavy atom. The van der Waals surface area contributed by atoms with Gasteiger partial charge >= 0.3 is 0 Å². The maximum absolute atomic E-state index is 13.6. The predicted octanol–water partition coefficient (Wildman–Crippen LogP) is 3.97. The highest BCUT2D eigenvalue weighted by Gasteiger charge is 2.24. The van der Waals surface area contributed by atoms with Crippen molar-refractivity contribution in [1.29, 1.82) is 0 Å². The molecule has 0 saturated carbocycles. The summed E-state index contributed by atoms with van der Waals surface area (Å²) in [6.07, 6.45) is 6.72. The zero-order valence-corrected chi connectivity index (χ0v) is 27.3. The van der Waals surface area contributed by atoms with Crippen LogP contribution >= 0.6 is 0 Å². The number of amides is 2. The van der Waals surface area contributed by atoms with Crippen molar-refractivity contribution in [1.82, 2.24) is 25.1 Å². The first kappa shape index (κ1) is 32.6. The first-order valence-electron chi connectivity index (χ1n) is 16.2. The number of fused-ring (bicyclic) bond motifs is 5. The highest BCUT2D eigenvalue weighted by atomic mass is 16.5. The SMILES string of the molecule is COc1ccc2cc1OCCCN(CC1=Cc3cccc(OC)c3OC1)CC(=O)N[C@@H](Cc1ccccc1)C(=O)NCCn1ccnc1-2. The standard InChI is InChI=1S/C37H41N5O6/c1-45-31-13-12-29-22-33(31)47-19-7-16-41(23-27-20-28-10-6-11-32(46-2)35(28)48-25-27)24-34(43)40-30(21-26-8-4-3-5-9-26)37(44)39-15-18-42-17-14-38-36(29)42/h3-6,8-14,17,20,22,30H,7,15-16,18-19,21,23-25H2,1-2H3,(H,39,44)(H,40,43)/t30-/m0/s1. The molecule has 2 aliphatic heterocycles. The number of carbonyl (C=O) groups excluding carboxylic acids is 2. The molecule has 11 nitrogen and oxygen atoms in total. The van der Waals surface area contributed by atoms with E-state index in [4.69, 9.17) is 18.9 Å². The number of ether oxygens (including phenoxy) is 4. The van der Waals surface area contributed by atoms with Crippen LogP contribution in [0.1, 0.15) is 17.5 Å². The zero-order valence-electron chi connectivity index (χ0n) is 27.3. The van der Waals surface area contributed by atoms with E-state index in [9.17, 15) is 9.59 Å². The van der Waals surface area contributed by atoms with Crippen LogP contribution in [0.4, 0.5) is 0 Å². The summed E-state index contributed by atoms with van der Waals surface area (Å²) in [7, 11) is 3.24. The van der Waals surface area contributed by atoms with Gasteiger partial charge in [0, 0.05) is 56.1 Å². The molecule has 0 aliphatic carbocycles. The molecule has 4 aromatic rings. The molecule has 2 aliphatic rings. The number of methoxy groups -OCH3 is 2. The van der Waals surface area contributed by atoms with Gasteiger partial charge in [-0.2, -0.15) is 0 Å². The molecule has 0 spiro atoms. The first-order chi connectivity index (χ1) is 23.5. The number of hydrogen-bond donors (Lipinski definition) is 2. The summed E-state index contributed by atoms with van der Waals surface area (Å²) >= 11 is 0. The van der Waals surface area contributed by atoms with Crippen molar-refractivity contribution in [2.75, 3.05) is 53.6 Å². The van der Waals surface area contributed by atoms with Gasteiger partial charge in [-0.25, -0.2) is 4.98 Å². The topological polar surface area (TPSA) is 116 Å². The van der Waals surface area contributed by atoms with E-state index in [0.717, 1.165) is 28.1 Å². The average Bonchev–Trinajstić information content (AvgIpc) is 3.58. The fourth-order valence-corrected chi connectivity index (χ4v) is 6.05. The molecule has 2 bridgehead atoms. The lowest BCUT2D eigenvalue weighted by Crippen LogP contribution is -2.51. The Hall–Kier alpha value is -5.29. The van der Waals surface area contributed by atoms with Gasteiger partial charge in [-0.3, -0.25) is 14.5 Å².